The van der Waals surface area contributed by atoms with Crippen LogP contribution in [0.4, 0.5) is 0 Å². The van der Waals surface area contributed by atoms with Gasteiger partial charge in [0.15, 0.2) is 0 Å². The Morgan fingerprint density at radius 1 is 1.00 bits per heavy atom. The lowest BCUT2D eigenvalue weighted by Gasteiger charge is -2.10. The molecule has 0 heterocycles. The number of ether oxygens (including phenoxy) is 1. The fourth-order valence-electron chi connectivity index (χ4n) is 1.75. The Balaban J connectivity index is 2.02. The van der Waals surface area contributed by atoms with Crippen molar-refractivity contribution in [2.75, 3.05) is 0 Å². The Hall–Kier alpha value is -1.18. The molecule has 0 aromatic heterocycles. The predicted octanol–water partition coefficient (Wildman–Crippen LogP) is 5.70. The maximum absolute atomic E-state index is 6.10. The second-order valence-electron chi connectivity index (χ2n) is 4.75. The second-order valence-corrected chi connectivity index (χ2v) is 5.59. The summed E-state index contributed by atoms with van der Waals surface area (Å²) < 4.78 is 5.72. The van der Waals surface area contributed by atoms with Crippen molar-refractivity contribution in [1.82, 2.24) is 0 Å². The quantitative estimate of drug-likeness (QED) is 0.703. The molecule has 2 aromatic rings. The van der Waals surface area contributed by atoms with Gasteiger partial charge in [0.2, 0.25) is 0 Å². The van der Waals surface area contributed by atoms with Gasteiger partial charge in [-0.1, -0.05) is 55.2 Å². The topological polar surface area (TPSA) is 9.23 Å². The van der Waals surface area contributed by atoms with Gasteiger partial charge in [-0.3, -0.25) is 0 Å². The minimum Gasteiger partial charge on any atom is -0.489 e. The van der Waals surface area contributed by atoms with Gasteiger partial charge in [0.25, 0.3) is 0 Å². The standard InChI is InChI=1S/C16H16Cl2O/c1-11(2)12-4-7-15(8-5-12)19-10-13-3-6-14(17)9-16(13)18/h3-9,11H,10H2,1-2H3. The molecule has 0 spiro atoms. The Morgan fingerprint density at radius 2 is 1.68 bits per heavy atom. The summed E-state index contributed by atoms with van der Waals surface area (Å²) in [5.74, 6) is 1.37. The van der Waals surface area contributed by atoms with Crippen LogP contribution in [0.15, 0.2) is 42.5 Å². The third-order valence-corrected chi connectivity index (χ3v) is 3.54. The average molecular weight is 295 g/mol. The van der Waals surface area contributed by atoms with Crippen LogP contribution in [0.5, 0.6) is 5.75 Å². The van der Waals surface area contributed by atoms with E-state index in [1.807, 2.05) is 24.3 Å². The first-order valence-corrected chi connectivity index (χ1v) is 6.98. The summed E-state index contributed by atoms with van der Waals surface area (Å²) in [4.78, 5) is 0. The van der Waals surface area contributed by atoms with E-state index in [1.165, 1.54) is 5.56 Å². The first-order chi connectivity index (χ1) is 9.06. The van der Waals surface area contributed by atoms with Gasteiger partial charge in [-0.15, -0.1) is 0 Å². The van der Waals surface area contributed by atoms with Gasteiger partial charge in [0.1, 0.15) is 12.4 Å². The molecule has 0 unspecified atom stereocenters. The van der Waals surface area contributed by atoms with Crippen molar-refractivity contribution in [2.45, 2.75) is 26.4 Å². The van der Waals surface area contributed by atoms with Crippen LogP contribution in [0.1, 0.15) is 30.9 Å². The highest BCUT2D eigenvalue weighted by Gasteiger charge is 2.03. The van der Waals surface area contributed by atoms with Gasteiger partial charge in [0.05, 0.1) is 0 Å². The van der Waals surface area contributed by atoms with Crippen LogP contribution >= 0.6 is 23.2 Å². The summed E-state index contributed by atoms with van der Waals surface area (Å²) in [6.07, 6.45) is 0. The van der Waals surface area contributed by atoms with E-state index in [1.54, 1.807) is 6.07 Å². The molecule has 0 saturated carbocycles. The molecule has 0 fully saturated rings. The molecule has 2 aromatic carbocycles. The van der Waals surface area contributed by atoms with Crippen molar-refractivity contribution in [3.63, 3.8) is 0 Å². The number of hydrogen-bond donors (Lipinski definition) is 0. The van der Waals surface area contributed by atoms with Crippen molar-refractivity contribution < 1.29 is 4.74 Å². The van der Waals surface area contributed by atoms with Crippen LogP contribution in [0.25, 0.3) is 0 Å². The Labute approximate surface area is 124 Å². The number of hydrogen-bond acceptors (Lipinski definition) is 1. The smallest absolute Gasteiger partial charge is 0.119 e. The maximum atomic E-state index is 6.10. The molecule has 0 saturated heterocycles. The van der Waals surface area contributed by atoms with Gasteiger partial charge in [-0.2, -0.15) is 0 Å². The molecule has 2 rings (SSSR count). The molecule has 0 atom stereocenters. The van der Waals surface area contributed by atoms with Crippen molar-refractivity contribution in [2.24, 2.45) is 0 Å². The Kier molecular flexibility index (Phi) is 4.73. The monoisotopic (exact) mass is 294 g/mol. The van der Waals surface area contributed by atoms with E-state index in [-0.39, 0.29) is 0 Å². The van der Waals surface area contributed by atoms with E-state index in [4.69, 9.17) is 27.9 Å². The van der Waals surface area contributed by atoms with E-state index in [9.17, 15) is 0 Å². The van der Waals surface area contributed by atoms with Gasteiger partial charge in [-0.25, -0.2) is 0 Å². The summed E-state index contributed by atoms with van der Waals surface area (Å²) in [6.45, 7) is 4.78. The van der Waals surface area contributed by atoms with Crippen LogP contribution in [0.3, 0.4) is 0 Å². The van der Waals surface area contributed by atoms with E-state index >= 15 is 0 Å². The molecule has 19 heavy (non-hydrogen) atoms. The van der Waals surface area contributed by atoms with Crippen molar-refractivity contribution >= 4 is 23.2 Å². The van der Waals surface area contributed by atoms with Gasteiger partial charge < -0.3 is 4.74 Å². The van der Waals surface area contributed by atoms with E-state index in [2.05, 4.69) is 26.0 Å². The molecule has 0 N–H and O–H groups in total. The Morgan fingerprint density at radius 3 is 2.26 bits per heavy atom. The normalized spacial score (nSPS) is 10.8. The third-order valence-electron chi connectivity index (χ3n) is 2.96. The molecule has 0 aliphatic rings. The number of rotatable bonds is 4. The Bertz CT molecular complexity index is 547. The molecule has 0 aliphatic heterocycles. The van der Waals surface area contributed by atoms with Crippen molar-refractivity contribution in [3.8, 4) is 5.75 Å². The highest BCUT2D eigenvalue weighted by Crippen LogP contribution is 2.23. The molecule has 0 amide bonds. The predicted molar refractivity (Wildman–Crippen MR) is 81.3 cm³/mol. The van der Waals surface area contributed by atoms with Gasteiger partial charge in [-0.05, 0) is 35.7 Å². The van der Waals surface area contributed by atoms with Crippen molar-refractivity contribution in [1.29, 1.82) is 0 Å². The lowest BCUT2D eigenvalue weighted by atomic mass is 10.0. The van der Waals surface area contributed by atoms with E-state index < -0.39 is 0 Å². The first-order valence-electron chi connectivity index (χ1n) is 6.23. The maximum Gasteiger partial charge on any atom is 0.119 e. The fraction of sp³-hybridized carbons (Fsp3) is 0.250. The minimum atomic E-state index is 0.441. The molecular weight excluding hydrogens is 279 g/mol. The second kappa shape index (κ2) is 6.31. The largest absolute Gasteiger partial charge is 0.489 e. The molecule has 1 nitrogen and oxygen atoms in total. The highest BCUT2D eigenvalue weighted by molar-refractivity contribution is 6.35. The molecule has 3 heteroatoms. The minimum absolute atomic E-state index is 0.441. The summed E-state index contributed by atoms with van der Waals surface area (Å²) in [5, 5.41) is 1.27. The number of benzene rings is 2. The lowest BCUT2D eigenvalue weighted by molar-refractivity contribution is 0.306. The van der Waals surface area contributed by atoms with Crippen LogP contribution in [0, 0.1) is 0 Å². The van der Waals surface area contributed by atoms with Crippen LogP contribution in [0.2, 0.25) is 10.0 Å². The first kappa shape index (κ1) is 14.2. The molecule has 0 radical (unpaired) electrons. The molecule has 100 valence electrons. The number of halogens is 2. The van der Waals surface area contributed by atoms with Gasteiger partial charge >= 0.3 is 0 Å². The van der Waals surface area contributed by atoms with Gasteiger partial charge in [0, 0.05) is 15.6 Å². The van der Waals surface area contributed by atoms with Crippen LogP contribution in [-0.4, -0.2) is 0 Å². The van der Waals surface area contributed by atoms with Crippen LogP contribution in [-0.2, 0) is 6.61 Å². The lowest BCUT2D eigenvalue weighted by Crippen LogP contribution is -1.96. The SMILES string of the molecule is CC(C)c1ccc(OCc2ccc(Cl)cc2Cl)cc1. The average Bonchev–Trinajstić information content (AvgIpc) is 2.38. The van der Waals surface area contributed by atoms with E-state index in [0.29, 0.717) is 22.6 Å². The summed E-state index contributed by atoms with van der Waals surface area (Å²) >= 11 is 12.0. The zero-order chi connectivity index (χ0) is 13.8. The van der Waals surface area contributed by atoms with E-state index in [0.717, 1.165) is 11.3 Å². The van der Waals surface area contributed by atoms with Crippen molar-refractivity contribution in [3.05, 3.63) is 63.6 Å². The molecular formula is C16H16Cl2O. The fourth-order valence-corrected chi connectivity index (χ4v) is 2.21. The zero-order valence-corrected chi connectivity index (χ0v) is 12.5. The summed E-state index contributed by atoms with van der Waals surface area (Å²) in [7, 11) is 0. The molecule has 0 bridgehead atoms. The highest BCUT2D eigenvalue weighted by atomic mass is 35.5. The summed E-state index contributed by atoms with van der Waals surface area (Å²) in [6, 6.07) is 13.6. The molecule has 0 aliphatic carbocycles. The summed E-state index contributed by atoms with van der Waals surface area (Å²) in [5.41, 5.74) is 2.23. The zero-order valence-electron chi connectivity index (χ0n) is 11.0. The van der Waals surface area contributed by atoms with Crippen LogP contribution < -0.4 is 4.74 Å². The third kappa shape index (κ3) is 3.89.